The molecule has 0 fully saturated rings. The largest absolute Gasteiger partial charge is 0.496 e. The smallest absolute Gasteiger partial charge is 0.129 e. The van der Waals surface area contributed by atoms with E-state index in [-0.39, 0.29) is 12.0 Å². The SMILES string of the molecule is COc1ccc(Br)cc1CC(C)(O)c1ccccc1F. The van der Waals surface area contributed by atoms with Gasteiger partial charge in [-0.15, -0.1) is 0 Å². The molecule has 2 aromatic rings. The zero-order valence-electron chi connectivity index (χ0n) is 11.4. The third kappa shape index (κ3) is 3.19. The van der Waals surface area contributed by atoms with Crippen LogP contribution in [0.3, 0.4) is 0 Å². The molecule has 0 heterocycles. The molecule has 2 nitrogen and oxygen atoms in total. The Hall–Kier alpha value is -1.39. The van der Waals surface area contributed by atoms with Crippen molar-refractivity contribution >= 4 is 15.9 Å². The van der Waals surface area contributed by atoms with Gasteiger partial charge in [-0.3, -0.25) is 0 Å². The lowest BCUT2D eigenvalue weighted by Crippen LogP contribution is -2.26. The van der Waals surface area contributed by atoms with Gasteiger partial charge in [-0.25, -0.2) is 4.39 Å². The summed E-state index contributed by atoms with van der Waals surface area (Å²) in [5, 5.41) is 10.6. The Morgan fingerprint density at radius 1 is 1.25 bits per heavy atom. The molecule has 0 spiro atoms. The first kappa shape index (κ1) is 15.0. The Morgan fingerprint density at radius 3 is 2.60 bits per heavy atom. The number of halogens is 2. The molecule has 20 heavy (non-hydrogen) atoms. The average molecular weight is 339 g/mol. The molecular weight excluding hydrogens is 323 g/mol. The average Bonchev–Trinajstić information content (AvgIpc) is 2.39. The first-order chi connectivity index (χ1) is 9.44. The first-order valence-electron chi connectivity index (χ1n) is 6.24. The number of benzene rings is 2. The zero-order chi connectivity index (χ0) is 14.8. The van der Waals surface area contributed by atoms with Crippen molar-refractivity contribution in [3.63, 3.8) is 0 Å². The Balaban J connectivity index is 2.38. The molecular formula is C16H16BrFO2. The standard InChI is InChI=1S/C16H16BrFO2/c1-16(19,13-5-3-4-6-14(13)18)10-11-9-12(17)7-8-15(11)20-2/h3-9,19H,10H2,1-2H3. The third-order valence-electron chi connectivity index (χ3n) is 3.23. The maximum absolute atomic E-state index is 13.8. The maximum atomic E-state index is 13.8. The molecule has 2 rings (SSSR count). The summed E-state index contributed by atoms with van der Waals surface area (Å²) in [6.07, 6.45) is 0.260. The van der Waals surface area contributed by atoms with Crippen molar-refractivity contribution in [2.75, 3.05) is 7.11 Å². The third-order valence-corrected chi connectivity index (χ3v) is 3.72. The van der Waals surface area contributed by atoms with Gasteiger partial charge < -0.3 is 9.84 Å². The van der Waals surface area contributed by atoms with Gasteiger partial charge in [-0.2, -0.15) is 0 Å². The van der Waals surface area contributed by atoms with Crippen molar-refractivity contribution in [1.29, 1.82) is 0 Å². The van der Waals surface area contributed by atoms with Crippen molar-refractivity contribution in [3.05, 3.63) is 63.9 Å². The minimum Gasteiger partial charge on any atom is -0.496 e. The van der Waals surface area contributed by atoms with E-state index in [0.29, 0.717) is 5.75 Å². The van der Waals surface area contributed by atoms with E-state index in [2.05, 4.69) is 15.9 Å². The van der Waals surface area contributed by atoms with E-state index in [9.17, 15) is 9.50 Å². The van der Waals surface area contributed by atoms with E-state index in [4.69, 9.17) is 4.74 Å². The van der Waals surface area contributed by atoms with Crippen LogP contribution in [0.1, 0.15) is 18.1 Å². The van der Waals surface area contributed by atoms with Gasteiger partial charge in [0.1, 0.15) is 11.6 Å². The molecule has 1 atom stereocenters. The number of rotatable bonds is 4. The molecule has 106 valence electrons. The number of hydrogen-bond donors (Lipinski definition) is 1. The van der Waals surface area contributed by atoms with Crippen LogP contribution in [0, 0.1) is 5.82 Å². The Labute approximate surface area is 126 Å². The van der Waals surface area contributed by atoms with Gasteiger partial charge in [0.25, 0.3) is 0 Å². The normalized spacial score (nSPS) is 13.8. The fourth-order valence-corrected chi connectivity index (χ4v) is 2.66. The summed E-state index contributed by atoms with van der Waals surface area (Å²) in [4.78, 5) is 0. The number of hydrogen-bond acceptors (Lipinski definition) is 2. The van der Waals surface area contributed by atoms with Crippen molar-refractivity contribution in [2.45, 2.75) is 18.9 Å². The first-order valence-corrected chi connectivity index (χ1v) is 7.03. The van der Waals surface area contributed by atoms with Gasteiger partial charge in [0.05, 0.1) is 12.7 Å². The van der Waals surface area contributed by atoms with Crippen LogP contribution in [-0.2, 0) is 12.0 Å². The number of methoxy groups -OCH3 is 1. The predicted octanol–water partition coefficient (Wildman–Crippen LogP) is 4.05. The molecule has 0 aliphatic heterocycles. The molecule has 0 aliphatic rings. The molecule has 4 heteroatoms. The van der Waals surface area contributed by atoms with E-state index in [0.717, 1.165) is 10.0 Å². The molecule has 0 aromatic heterocycles. The minimum absolute atomic E-state index is 0.260. The molecule has 0 aliphatic carbocycles. The summed E-state index contributed by atoms with van der Waals surface area (Å²) in [6, 6.07) is 11.8. The van der Waals surface area contributed by atoms with Crippen molar-refractivity contribution < 1.29 is 14.2 Å². The minimum atomic E-state index is -1.31. The Bertz CT molecular complexity index is 611. The molecule has 0 bridgehead atoms. The van der Waals surface area contributed by atoms with Crippen LogP contribution >= 0.6 is 15.9 Å². The number of aliphatic hydroxyl groups is 1. The molecule has 0 amide bonds. The topological polar surface area (TPSA) is 29.5 Å². The van der Waals surface area contributed by atoms with Gasteiger partial charge in [-0.1, -0.05) is 34.1 Å². The van der Waals surface area contributed by atoms with Gasteiger partial charge in [0.15, 0.2) is 0 Å². The lowest BCUT2D eigenvalue weighted by Gasteiger charge is -2.25. The Kier molecular flexibility index (Phi) is 4.45. The van der Waals surface area contributed by atoms with Crippen LogP contribution < -0.4 is 4.74 Å². The van der Waals surface area contributed by atoms with Gasteiger partial charge in [-0.05, 0) is 36.8 Å². The van der Waals surface area contributed by atoms with E-state index in [1.165, 1.54) is 6.07 Å². The van der Waals surface area contributed by atoms with Gasteiger partial charge in [0.2, 0.25) is 0 Å². The summed E-state index contributed by atoms with van der Waals surface area (Å²) in [5.74, 6) is 0.260. The maximum Gasteiger partial charge on any atom is 0.129 e. The highest BCUT2D eigenvalue weighted by molar-refractivity contribution is 9.10. The summed E-state index contributed by atoms with van der Waals surface area (Å²) in [5.41, 5.74) is -0.212. The van der Waals surface area contributed by atoms with Crippen molar-refractivity contribution in [3.8, 4) is 5.75 Å². The second-order valence-corrected chi connectivity index (χ2v) is 5.80. The zero-order valence-corrected chi connectivity index (χ0v) is 12.9. The van der Waals surface area contributed by atoms with Crippen LogP contribution in [0.2, 0.25) is 0 Å². The van der Waals surface area contributed by atoms with E-state index >= 15 is 0 Å². The molecule has 1 unspecified atom stereocenters. The monoisotopic (exact) mass is 338 g/mol. The van der Waals surface area contributed by atoms with Crippen molar-refractivity contribution in [1.82, 2.24) is 0 Å². The Morgan fingerprint density at radius 2 is 1.95 bits per heavy atom. The van der Waals surface area contributed by atoms with Gasteiger partial charge >= 0.3 is 0 Å². The lowest BCUT2D eigenvalue weighted by atomic mass is 9.88. The fraction of sp³-hybridized carbons (Fsp3) is 0.250. The van der Waals surface area contributed by atoms with Crippen molar-refractivity contribution in [2.24, 2.45) is 0 Å². The molecule has 0 radical (unpaired) electrons. The second kappa shape index (κ2) is 5.94. The summed E-state index contributed by atoms with van der Waals surface area (Å²) >= 11 is 3.39. The summed E-state index contributed by atoms with van der Waals surface area (Å²) < 4.78 is 20.0. The van der Waals surface area contributed by atoms with Crippen LogP contribution in [0.5, 0.6) is 5.75 Å². The van der Waals surface area contributed by atoms with E-state index in [1.807, 2.05) is 18.2 Å². The van der Waals surface area contributed by atoms with Crippen LogP contribution in [0.15, 0.2) is 46.9 Å². The highest BCUT2D eigenvalue weighted by atomic mass is 79.9. The number of ether oxygens (including phenoxy) is 1. The fourth-order valence-electron chi connectivity index (χ4n) is 2.25. The van der Waals surface area contributed by atoms with E-state index in [1.54, 1.807) is 32.2 Å². The lowest BCUT2D eigenvalue weighted by molar-refractivity contribution is 0.0531. The predicted molar refractivity (Wildman–Crippen MR) is 80.4 cm³/mol. The quantitative estimate of drug-likeness (QED) is 0.911. The highest BCUT2D eigenvalue weighted by Gasteiger charge is 2.28. The van der Waals surface area contributed by atoms with Crippen LogP contribution in [-0.4, -0.2) is 12.2 Å². The highest BCUT2D eigenvalue weighted by Crippen LogP contribution is 2.32. The van der Waals surface area contributed by atoms with Crippen LogP contribution in [0.25, 0.3) is 0 Å². The summed E-state index contributed by atoms with van der Waals surface area (Å²) in [6.45, 7) is 1.60. The van der Waals surface area contributed by atoms with Crippen LogP contribution in [0.4, 0.5) is 4.39 Å². The summed E-state index contributed by atoms with van der Waals surface area (Å²) in [7, 11) is 1.57. The molecule has 0 saturated carbocycles. The molecule has 2 aromatic carbocycles. The molecule has 1 N–H and O–H groups in total. The van der Waals surface area contributed by atoms with E-state index < -0.39 is 11.4 Å². The molecule has 0 saturated heterocycles. The second-order valence-electron chi connectivity index (χ2n) is 4.89. The van der Waals surface area contributed by atoms with Gasteiger partial charge in [0, 0.05) is 16.5 Å².